The number of nitrogens with two attached hydrogens (primary N) is 1. The molecule has 88 valence electrons. The van der Waals surface area contributed by atoms with Crippen LogP contribution in [0.2, 0.25) is 0 Å². The molecule has 1 aromatic rings. The lowest BCUT2D eigenvalue weighted by Gasteiger charge is -2.28. The first-order valence-corrected chi connectivity index (χ1v) is 6.57. The molecule has 0 aromatic heterocycles. The van der Waals surface area contributed by atoms with E-state index in [0.29, 0.717) is 5.92 Å². The Hall–Kier alpha value is -0.380. The molecule has 0 spiro atoms. The van der Waals surface area contributed by atoms with Crippen molar-refractivity contribution in [3.63, 3.8) is 0 Å². The number of hydrogen-bond donors (Lipinski definition) is 1. The van der Waals surface area contributed by atoms with Gasteiger partial charge in [0.05, 0.1) is 0 Å². The zero-order chi connectivity index (χ0) is 11.5. The summed E-state index contributed by atoms with van der Waals surface area (Å²) >= 11 is 3.60. The van der Waals surface area contributed by atoms with Crippen LogP contribution in [0.5, 0.6) is 0 Å². The van der Waals surface area contributed by atoms with E-state index < -0.39 is 0 Å². The minimum Gasteiger partial charge on any atom is -0.381 e. The summed E-state index contributed by atoms with van der Waals surface area (Å²) in [5, 5.41) is 0. The standard InChI is InChI=1S/C13H18BrNO/c1-9-2-3-11(12(14)8-9)13(15)10-4-6-16-7-5-10/h2-3,8,10,13H,4-7,15H2,1H3/t13-/m0/s1. The quantitative estimate of drug-likeness (QED) is 0.905. The molecule has 0 aliphatic carbocycles. The average molecular weight is 284 g/mol. The minimum atomic E-state index is 0.124. The van der Waals surface area contributed by atoms with E-state index in [4.69, 9.17) is 10.5 Å². The summed E-state index contributed by atoms with van der Waals surface area (Å²) in [7, 11) is 0. The van der Waals surface area contributed by atoms with E-state index in [1.165, 1.54) is 11.1 Å². The monoisotopic (exact) mass is 283 g/mol. The SMILES string of the molecule is Cc1ccc([C@@H](N)C2CCOCC2)c(Br)c1. The summed E-state index contributed by atoms with van der Waals surface area (Å²) in [6.07, 6.45) is 2.14. The summed E-state index contributed by atoms with van der Waals surface area (Å²) < 4.78 is 6.50. The molecule has 1 atom stereocenters. The zero-order valence-electron chi connectivity index (χ0n) is 9.58. The van der Waals surface area contributed by atoms with Gasteiger partial charge in [0.25, 0.3) is 0 Å². The maximum atomic E-state index is 6.34. The number of hydrogen-bond acceptors (Lipinski definition) is 2. The Bertz CT molecular complexity index is 361. The van der Waals surface area contributed by atoms with Crippen LogP contribution < -0.4 is 5.73 Å². The smallest absolute Gasteiger partial charge is 0.0469 e. The Labute approximate surface area is 105 Å². The lowest BCUT2D eigenvalue weighted by molar-refractivity contribution is 0.0583. The molecule has 1 aliphatic heterocycles. The number of aryl methyl sites for hydroxylation is 1. The van der Waals surface area contributed by atoms with Gasteiger partial charge in [-0.1, -0.05) is 28.1 Å². The van der Waals surface area contributed by atoms with Crippen molar-refractivity contribution in [2.24, 2.45) is 11.7 Å². The maximum absolute atomic E-state index is 6.34. The van der Waals surface area contributed by atoms with Gasteiger partial charge in [-0.2, -0.15) is 0 Å². The predicted octanol–water partition coefficient (Wildman–Crippen LogP) is 3.18. The minimum absolute atomic E-state index is 0.124. The highest BCUT2D eigenvalue weighted by Crippen LogP contribution is 2.32. The fraction of sp³-hybridized carbons (Fsp3) is 0.538. The molecule has 2 nitrogen and oxygen atoms in total. The van der Waals surface area contributed by atoms with Crippen LogP contribution in [0.1, 0.15) is 30.0 Å². The molecule has 16 heavy (non-hydrogen) atoms. The molecular weight excluding hydrogens is 266 g/mol. The topological polar surface area (TPSA) is 35.2 Å². The first-order valence-electron chi connectivity index (χ1n) is 5.78. The fourth-order valence-electron chi connectivity index (χ4n) is 2.23. The normalized spacial score (nSPS) is 19.7. The van der Waals surface area contributed by atoms with Gasteiger partial charge in [0.15, 0.2) is 0 Å². The second kappa shape index (κ2) is 5.30. The largest absolute Gasteiger partial charge is 0.381 e. The number of rotatable bonds is 2. The lowest BCUT2D eigenvalue weighted by Crippen LogP contribution is -2.27. The van der Waals surface area contributed by atoms with E-state index in [9.17, 15) is 0 Å². The number of benzene rings is 1. The molecule has 1 heterocycles. The Morgan fingerprint density at radius 1 is 1.38 bits per heavy atom. The van der Waals surface area contributed by atoms with E-state index in [0.717, 1.165) is 30.5 Å². The first-order chi connectivity index (χ1) is 7.68. The van der Waals surface area contributed by atoms with Crippen molar-refractivity contribution in [2.75, 3.05) is 13.2 Å². The highest BCUT2D eigenvalue weighted by Gasteiger charge is 2.23. The number of halogens is 1. The fourth-order valence-corrected chi connectivity index (χ4v) is 2.99. The zero-order valence-corrected chi connectivity index (χ0v) is 11.2. The van der Waals surface area contributed by atoms with Gasteiger partial charge < -0.3 is 10.5 Å². The summed E-state index contributed by atoms with van der Waals surface area (Å²) in [6, 6.07) is 6.52. The van der Waals surface area contributed by atoms with Crippen LogP contribution in [0.15, 0.2) is 22.7 Å². The third-order valence-electron chi connectivity index (χ3n) is 3.29. The van der Waals surface area contributed by atoms with Crippen molar-refractivity contribution in [2.45, 2.75) is 25.8 Å². The summed E-state index contributed by atoms with van der Waals surface area (Å²) in [5.74, 6) is 0.549. The molecule has 2 rings (SSSR count). The van der Waals surface area contributed by atoms with Crippen LogP contribution in [-0.2, 0) is 4.74 Å². The summed E-state index contributed by atoms with van der Waals surface area (Å²) in [4.78, 5) is 0. The van der Waals surface area contributed by atoms with Crippen LogP contribution >= 0.6 is 15.9 Å². The van der Waals surface area contributed by atoms with Crippen LogP contribution in [-0.4, -0.2) is 13.2 Å². The van der Waals surface area contributed by atoms with E-state index in [2.05, 4.69) is 41.1 Å². The molecule has 0 radical (unpaired) electrons. The van der Waals surface area contributed by atoms with Crippen molar-refractivity contribution in [3.8, 4) is 0 Å². The van der Waals surface area contributed by atoms with Gasteiger partial charge in [0, 0.05) is 23.7 Å². The van der Waals surface area contributed by atoms with E-state index in [1.54, 1.807) is 0 Å². The molecule has 1 aliphatic rings. The van der Waals surface area contributed by atoms with Gasteiger partial charge in [0.2, 0.25) is 0 Å². The Balaban J connectivity index is 2.15. The Kier molecular flexibility index (Phi) is 4.00. The van der Waals surface area contributed by atoms with Crippen molar-refractivity contribution >= 4 is 15.9 Å². The van der Waals surface area contributed by atoms with Crippen molar-refractivity contribution in [1.29, 1.82) is 0 Å². The molecule has 0 amide bonds. The number of ether oxygens (including phenoxy) is 1. The van der Waals surface area contributed by atoms with E-state index in [-0.39, 0.29) is 6.04 Å². The molecular formula is C13H18BrNO. The third kappa shape index (κ3) is 2.65. The van der Waals surface area contributed by atoms with Crippen LogP contribution in [0.3, 0.4) is 0 Å². The van der Waals surface area contributed by atoms with Crippen LogP contribution in [0.4, 0.5) is 0 Å². The predicted molar refractivity (Wildman–Crippen MR) is 69.4 cm³/mol. The van der Waals surface area contributed by atoms with Gasteiger partial charge in [-0.25, -0.2) is 0 Å². The van der Waals surface area contributed by atoms with Gasteiger partial charge in [0.1, 0.15) is 0 Å². The summed E-state index contributed by atoms with van der Waals surface area (Å²) in [5.41, 5.74) is 8.81. The van der Waals surface area contributed by atoms with Crippen molar-refractivity contribution in [1.82, 2.24) is 0 Å². The second-order valence-electron chi connectivity index (χ2n) is 4.50. The molecule has 0 bridgehead atoms. The highest BCUT2D eigenvalue weighted by atomic mass is 79.9. The van der Waals surface area contributed by atoms with Gasteiger partial charge in [-0.15, -0.1) is 0 Å². The van der Waals surface area contributed by atoms with Crippen LogP contribution in [0.25, 0.3) is 0 Å². The van der Waals surface area contributed by atoms with Gasteiger partial charge in [-0.3, -0.25) is 0 Å². The molecule has 0 unspecified atom stereocenters. The molecule has 3 heteroatoms. The Morgan fingerprint density at radius 2 is 2.06 bits per heavy atom. The molecule has 2 N–H and O–H groups in total. The van der Waals surface area contributed by atoms with E-state index >= 15 is 0 Å². The third-order valence-corrected chi connectivity index (χ3v) is 3.98. The average Bonchev–Trinajstić information content (AvgIpc) is 2.29. The molecule has 1 saturated heterocycles. The first kappa shape index (κ1) is 12.1. The van der Waals surface area contributed by atoms with E-state index in [1.807, 2.05) is 0 Å². The molecule has 0 saturated carbocycles. The van der Waals surface area contributed by atoms with Gasteiger partial charge in [-0.05, 0) is 42.9 Å². The van der Waals surface area contributed by atoms with Crippen LogP contribution in [0, 0.1) is 12.8 Å². The Morgan fingerprint density at radius 3 is 2.69 bits per heavy atom. The molecule has 1 fully saturated rings. The molecule has 1 aromatic carbocycles. The van der Waals surface area contributed by atoms with Crippen molar-refractivity contribution < 1.29 is 4.74 Å². The second-order valence-corrected chi connectivity index (χ2v) is 5.35. The van der Waals surface area contributed by atoms with Crippen molar-refractivity contribution in [3.05, 3.63) is 33.8 Å². The lowest BCUT2D eigenvalue weighted by atomic mass is 9.87. The van der Waals surface area contributed by atoms with Gasteiger partial charge >= 0.3 is 0 Å². The summed E-state index contributed by atoms with van der Waals surface area (Å²) in [6.45, 7) is 3.79. The maximum Gasteiger partial charge on any atom is 0.0469 e. The highest BCUT2D eigenvalue weighted by molar-refractivity contribution is 9.10.